The Kier molecular flexibility index (Phi) is 3.49. The highest BCUT2D eigenvalue weighted by Crippen LogP contribution is 2.21. The van der Waals surface area contributed by atoms with Crippen LogP contribution in [0.4, 0.5) is 8.78 Å². The summed E-state index contributed by atoms with van der Waals surface area (Å²) >= 11 is 0. The zero-order chi connectivity index (χ0) is 13.8. The first-order valence-electron chi connectivity index (χ1n) is 5.30. The lowest BCUT2D eigenvalue weighted by Crippen LogP contribution is -1.95. The third-order valence-corrected chi connectivity index (χ3v) is 2.32. The number of aromatic nitrogens is 2. The second kappa shape index (κ2) is 5.24. The van der Waals surface area contributed by atoms with Crippen LogP contribution < -0.4 is 0 Å². The number of halogens is 2. The van der Waals surface area contributed by atoms with Crippen molar-refractivity contribution in [2.75, 3.05) is 0 Å². The number of nitrogens with zero attached hydrogens (tertiary/aromatic N) is 3. The van der Waals surface area contributed by atoms with Gasteiger partial charge in [-0.1, -0.05) is 0 Å². The third-order valence-electron chi connectivity index (χ3n) is 2.32. The second-order valence-electron chi connectivity index (χ2n) is 3.76. The molecule has 1 aromatic carbocycles. The van der Waals surface area contributed by atoms with E-state index in [-0.39, 0.29) is 11.4 Å². The van der Waals surface area contributed by atoms with Gasteiger partial charge in [0.25, 0.3) is 0 Å². The van der Waals surface area contributed by atoms with Crippen molar-refractivity contribution in [3.05, 3.63) is 47.3 Å². The summed E-state index contributed by atoms with van der Waals surface area (Å²) in [5.74, 6) is 2.61. The number of rotatable bonds is 1. The van der Waals surface area contributed by atoms with E-state index in [2.05, 4.69) is 15.9 Å². The minimum atomic E-state index is -0.845. The summed E-state index contributed by atoms with van der Waals surface area (Å²) < 4.78 is 27.4. The van der Waals surface area contributed by atoms with Crippen LogP contribution in [-0.4, -0.2) is 9.97 Å². The molecule has 2 rings (SSSR count). The highest BCUT2D eigenvalue weighted by molar-refractivity contribution is 5.58. The monoisotopic (exact) mass is 255 g/mol. The maximum atomic E-state index is 13.7. The quantitative estimate of drug-likeness (QED) is 0.736. The Balaban J connectivity index is 2.51. The Hall–Kier alpha value is -2.79. The Morgan fingerprint density at radius 3 is 2.21 bits per heavy atom. The molecular weight excluding hydrogens is 248 g/mol. The van der Waals surface area contributed by atoms with E-state index in [0.717, 1.165) is 17.7 Å². The van der Waals surface area contributed by atoms with Gasteiger partial charge >= 0.3 is 0 Å². The van der Waals surface area contributed by atoms with Gasteiger partial charge in [0.15, 0.2) is 11.9 Å². The smallest absolute Gasteiger partial charge is 0.159 e. The van der Waals surface area contributed by atoms with Gasteiger partial charge < -0.3 is 0 Å². The Morgan fingerprint density at radius 2 is 1.68 bits per heavy atom. The fraction of sp³-hybridized carbons (Fsp3) is 0.0714. The lowest BCUT2D eigenvalue weighted by molar-refractivity contribution is 0.578. The molecule has 0 bridgehead atoms. The van der Waals surface area contributed by atoms with E-state index in [1.807, 2.05) is 12.8 Å². The van der Waals surface area contributed by atoms with Crippen LogP contribution in [0.3, 0.4) is 0 Å². The van der Waals surface area contributed by atoms with Gasteiger partial charge in [0.2, 0.25) is 0 Å². The summed E-state index contributed by atoms with van der Waals surface area (Å²) in [6, 6.07) is 3.69. The summed E-state index contributed by atoms with van der Waals surface area (Å²) in [7, 11) is 0. The van der Waals surface area contributed by atoms with Gasteiger partial charge in [-0.05, 0) is 30.5 Å². The fourth-order valence-corrected chi connectivity index (χ4v) is 1.45. The number of hydrogen-bond acceptors (Lipinski definition) is 3. The lowest BCUT2D eigenvalue weighted by atomic mass is 10.1. The molecule has 19 heavy (non-hydrogen) atoms. The largest absolute Gasteiger partial charge is 0.236 e. The van der Waals surface area contributed by atoms with Crippen LogP contribution in [0.5, 0.6) is 0 Å². The predicted molar refractivity (Wildman–Crippen MR) is 64.6 cm³/mol. The van der Waals surface area contributed by atoms with Crippen LogP contribution in [0, 0.1) is 41.7 Å². The minimum absolute atomic E-state index is 0.220. The fourth-order valence-electron chi connectivity index (χ4n) is 1.45. The van der Waals surface area contributed by atoms with Crippen LogP contribution in [-0.2, 0) is 0 Å². The number of hydrogen-bond donors (Lipinski definition) is 0. The van der Waals surface area contributed by atoms with Crippen LogP contribution in [0.25, 0.3) is 11.4 Å². The molecule has 0 fully saturated rings. The molecule has 0 spiro atoms. The molecule has 0 saturated carbocycles. The molecule has 0 aliphatic rings. The molecule has 1 aromatic heterocycles. The van der Waals surface area contributed by atoms with E-state index in [9.17, 15) is 8.78 Å². The molecule has 0 saturated heterocycles. The molecule has 5 heteroatoms. The Bertz CT molecular complexity index is 696. The van der Waals surface area contributed by atoms with Crippen LogP contribution in [0.1, 0.15) is 11.1 Å². The molecule has 0 atom stereocenters. The highest BCUT2D eigenvalue weighted by Gasteiger charge is 2.11. The molecular formula is C14H7F2N3. The highest BCUT2D eigenvalue weighted by atomic mass is 19.1. The van der Waals surface area contributed by atoms with Gasteiger partial charge in [0, 0.05) is 23.9 Å². The zero-order valence-electron chi connectivity index (χ0n) is 9.91. The van der Waals surface area contributed by atoms with Crippen LogP contribution in [0.15, 0.2) is 24.5 Å². The zero-order valence-corrected chi connectivity index (χ0v) is 9.91. The maximum absolute atomic E-state index is 13.7. The van der Waals surface area contributed by atoms with Crippen molar-refractivity contribution in [2.45, 2.75) is 6.92 Å². The van der Waals surface area contributed by atoms with E-state index >= 15 is 0 Å². The van der Waals surface area contributed by atoms with Gasteiger partial charge in [-0.2, -0.15) is 5.26 Å². The van der Waals surface area contributed by atoms with Gasteiger partial charge in [-0.15, -0.1) is 0 Å². The van der Waals surface area contributed by atoms with E-state index in [0.29, 0.717) is 0 Å². The molecule has 0 aliphatic carbocycles. The second-order valence-corrected chi connectivity index (χ2v) is 3.76. The normalized spacial score (nSPS) is 9.37. The van der Waals surface area contributed by atoms with Gasteiger partial charge in [0.05, 0.1) is 5.56 Å². The molecule has 0 amide bonds. The van der Waals surface area contributed by atoms with Crippen LogP contribution in [0.2, 0.25) is 0 Å². The average Bonchev–Trinajstić information content (AvgIpc) is 2.38. The Morgan fingerprint density at radius 1 is 1.11 bits per heavy atom. The molecule has 2 aromatic rings. The van der Waals surface area contributed by atoms with Crippen molar-refractivity contribution in [3.8, 4) is 29.3 Å². The first-order valence-corrected chi connectivity index (χ1v) is 5.30. The number of benzene rings is 1. The standard InChI is InChI=1S/C14H7F2N3/c1-9-7-18-14(19-8-9)10-5-12(15)11(3-2-4-17)13(16)6-10/h5-8H,1H3. The van der Waals surface area contributed by atoms with E-state index in [4.69, 9.17) is 5.26 Å². The topological polar surface area (TPSA) is 49.6 Å². The van der Waals surface area contributed by atoms with Gasteiger partial charge in [-0.3, -0.25) is 0 Å². The van der Waals surface area contributed by atoms with E-state index in [1.165, 1.54) is 6.07 Å². The molecule has 92 valence electrons. The SMILES string of the molecule is Cc1cnc(-c2cc(F)c(C#CC#N)c(F)c2)nc1. The summed E-state index contributed by atoms with van der Waals surface area (Å²) in [6.45, 7) is 1.81. The molecule has 1 heterocycles. The third kappa shape index (κ3) is 2.72. The molecule has 0 unspecified atom stereocenters. The van der Waals surface area contributed by atoms with Crippen molar-refractivity contribution >= 4 is 0 Å². The summed E-state index contributed by atoms with van der Waals surface area (Å²) in [6.07, 6.45) is 3.11. The first-order chi connectivity index (χ1) is 9.11. The maximum Gasteiger partial charge on any atom is 0.159 e. The van der Waals surface area contributed by atoms with Crippen LogP contribution >= 0.6 is 0 Å². The molecule has 0 radical (unpaired) electrons. The van der Waals surface area contributed by atoms with Gasteiger partial charge in [0.1, 0.15) is 11.6 Å². The summed E-state index contributed by atoms with van der Waals surface area (Å²) in [5, 5.41) is 8.28. The van der Waals surface area contributed by atoms with Crippen molar-refractivity contribution in [3.63, 3.8) is 0 Å². The van der Waals surface area contributed by atoms with Crippen molar-refractivity contribution in [2.24, 2.45) is 0 Å². The first kappa shape index (κ1) is 12.7. The summed E-state index contributed by atoms with van der Waals surface area (Å²) in [5.41, 5.74) is 0.635. The van der Waals surface area contributed by atoms with Gasteiger partial charge in [-0.25, -0.2) is 18.7 Å². The molecule has 0 N–H and O–H groups in total. The molecule has 0 aliphatic heterocycles. The van der Waals surface area contributed by atoms with Crippen molar-refractivity contribution < 1.29 is 8.78 Å². The predicted octanol–water partition coefficient (Wildman–Crippen LogP) is 2.61. The van der Waals surface area contributed by atoms with E-state index in [1.54, 1.807) is 12.4 Å². The number of aryl methyl sites for hydroxylation is 1. The van der Waals surface area contributed by atoms with E-state index < -0.39 is 17.2 Å². The minimum Gasteiger partial charge on any atom is -0.236 e. The Labute approximate surface area is 108 Å². The lowest BCUT2D eigenvalue weighted by Gasteiger charge is -2.03. The average molecular weight is 255 g/mol. The summed E-state index contributed by atoms with van der Waals surface area (Å²) in [4.78, 5) is 7.98. The molecule has 3 nitrogen and oxygen atoms in total. The van der Waals surface area contributed by atoms with Crippen molar-refractivity contribution in [1.29, 1.82) is 5.26 Å². The number of nitriles is 1. The van der Waals surface area contributed by atoms with Crippen molar-refractivity contribution in [1.82, 2.24) is 9.97 Å².